The van der Waals surface area contributed by atoms with Crippen LogP contribution in [-0.4, -0.2) is 47.1 Å². The number of nitrogens with one attached hydrogen (secondary N) is 1. The number of hydrogen-bond donors (Lipinski definition) is 3. The molecule has 1 unspecified atom stereocenters. The van der Waals surface area contributed by atoms with Crippen molar-refractivity contribution < 1.29 is 14.7 Å². The second kappa shape index (κ2) is 7.74. The third-order valence-electron chi connectivity index (χ3n) is 4.72. The lowest BCUT2D eigenvalue weighted by molar-refractivity contribution is -0.132. The molecule has 1 aliphatic heterocycles. The van der Waals surface area contributed by atoms with Crippen molar-refractivity contribution in [2.75, 3.05) is 13.6 Å². The van der Waals surface area contributed by atoms with Crippen molar-refractivity contribution in [1.29, 1.82) is 0 Å². The Morgan fingerprint density at radius 3 is 2.44 bits per heavy atom. The van der Waals surface area contributed by atoms with Crippen molar-refractivity contribution >= 4 is 29.1 Å². The smallest absolute Gasteiger partial charge is 0.338 e. The topological polar surface area (TPSA) is 95.7 Å². The van der Waals surface area contributed by atoms with E-state index in [2.05, 4.69) is 5.32 Å². The fraction of sp³-hybridized carbons (Fsp3) is 0.400. The number of carbonyl (C=O) groups is 2. The van der Waals surface area contributed by atoms with E-state index in [9.17, 15) is 14.7 Å². The van der Waals surface area contributed by atoms with Gasteiger partial charge in [-0.3, -0.25) is 4.79 Å². The fourth-order valence-electron chi connectivity index (χ4n) is 3.10. The predicted molar refractivity (Wildman–Crippen MR) is 107 cm³/mol. The zero-order valence-corrected chi connectivity index (χ0v) is 17.0. The zero-order chi connectivity index (χ0) is 20.5. The molecule has 0 radical (unpaired) electrons. The molecular weight excluding hydrogens is 366 g/mol. The van der Waals surface area contributed by atoms with E-state index in [1.807, 2.05) is 6.92 Å². The normalized spacial score (nSPS) is 18.0. The first-order chi connectivity index (χ1) is 12.5. The van der Waals surface area contributed by atoms with Crippen LogP contribution >= 0.6 is 11.6 Å². The molecule has 0 saturated heterocycles. The number of likely N-dealkylation sites (N-methyl/N-ethyl adjacent to an activating group) is 1. The summed E-state index contributed by atoms with van der Waals surface area (Å²) in [6.07, 6.45) is 0. The molecule has 0 spiro atoms. The number of nitrogens with zero attached hydrogens (tertiary/aromatic N) is 1. The van der Waals surface area contributed by atoms with Gasteiger partial charge in [-0.15, -0.1) is 0 Å². The zero-order valence-electron chi connectivity index (χ0n) is 16.3. The van der Waals surface area contributed by atoms with Crippen LogP contribution in [0.5, 0.6) is 0 Å². The molecule has 0 bridgehead atoms. The Morgan fingerprint density at radius 1 is 1.33 bits per heavy atom. The van der Waals surface area contributed by atoms with E-state index < -0.39 is 11.5 Å². The van der Waals surface area contributed by atoms with Gasteiger partial charge in [0, 0.05) is 46.6 Å². The monoisotopic (exact) mass is 391 g/mol. The van der Waals surface area contributed by atoms with Crippen molar-refractivity contribution in [3.8, 4) is 0 Å². The summed E-state index contributed by atoms with van der Waals surface area (Å²) in [6, 6.07) is 6.61. The number of carboxylic acids is 1. The van der Waals surface area contributed by atoms with E-state index in [4.69, 9.17) is 17.3 Å². The van der Waals surface area contributed by atoms with Crippen LogP contribution in [0, 0.1) is 0 Å². The summed E-state index contributed by atoms with van der Waals surface area (Å²) in [5.74, 6) is -1.46. The number of aliphatic carboxylic acids is 1. The predicted octanol–water partition coefficient (Wildman–Crippen LogP) is 2.64. The van der Waals surface area contributed by atoms with Crippen LogP contribution in [0.25, 0.3) is 5.57 Å². The van der Waals surface area contributed by atoms with Gasteiger partial charge in [-0.2, -0.15) is 0 Å². The lowest BCUT2D eigenvalue weighted by atomic mass is 9.84. The van der Waals surface area contributed by atoms with Gasteiger partial charge >= 0.3 is 5.97 Å². The maximum Gasteiger partial charge on any atom is 0.338 e. The molecule has 1 aromatic rings. The maximum absolute atomic E-state index is 13.1. The molecule has 4 N–H and O–H groups in total. The highest BCUT2D eigenvalue weighted by molar-refractivity contribution is 6.33. The Labute approximate surface area is 164 Å². The number of rotatable bonds is 5. The van der Waals surface area contributed by atoms with E-state index >= 15 is 0 Å². The highest BCUT2D eigenvalue weighted by Crippen LogP contribution is 2.40. The third-order valence-corrected chi connectivity index (χ3v) is 5.04. The number of carboxylic acid groups (broad SMARTS) is 1. The summed E-state index contributed by atoms with van der Waals surface area (Å²) in [7, 11) is 1.77. The van der Waals surface area contributed by atoms with Crippen molar-refractivity contribution in [3.05, 3.63) is 51.7 Å². The van der Waals surface area contributed by atoms with E-state index in [1.165, 1.54) is 0 Å². The second-order valence-corrected chi connectivity index (χ2v) is 7.90. The summed E-state index contributed by atoms with van der Waals surface area (Å²) in [5, 5.41) is 13.1. The van der Waals surface area contributed by atoms with Gasteiger partial charge < -0.3 is 21.1 Å². The minimum Gasteiger partial charge on any atom is -0.478 e. The number of halogens is 1. The van der Waals surface area contributed by atoms with E-state index in [1.54, 1.807) is 57.0 Å². The molecule has 27 heavy (non-hydrogen) atoms. The average Bonchev–Trinajstić information content (AvgIpc) is 2.57. The quantitative estimate of drug-likeness (QED) is 0.717. The van der Waals surface area contributed by atoms with Crippen molar-refractivity contribution in [3.63, 3.8) is 0 Å². The van der Waals surface area contributed by atoms with Gasteiger partial charge in [0.15, 0.2) is 0 Å². The van der Waals surface area contributed by atoms with Crippen LogP contribution in [0.4, 0.5) is 0 Å². The SMILES string of the molecule is CC1=C(C(=O)O)C(c2ccccc2Cl)=C(C(=O)NCC(C)(C)N)C(C)N1C. The fourth-order valence-corrected chi connectivity index (χ4v) is 3.33. The summed E-state index contributed by atoms with van der Waals surface area (Å²) >= 11 is 6.36. The molecule has 0 aromatic heterocycles. The Kier molecular flexibility index (Phi) is 6.02. The first kappa shape index (κ1) is 21.0. The molecule has 0 saturated carbocycles. The minimum absolute atomic E-state index is 0.0702. The third kappa shape index (κ3) is 4.34. The molecule has 1 heterocycles. The largest absolute Gasteiger partial charge is 0.478 e. The Hall–Kier alpha value is -2.31. The molecule has 2 rings (SSSR count). The van der Waals surface area contributed by atoms with E-state index in [0.29, 0.717) is 27.4 Å². The van der Waals surface area contributed by atoms with Gasteiger partial charge in [0.05, 0.1) is 11.6 Å². The molecule has 0 aliphatic carbocycles. The summed E-state index contributed by atoms with van der Waals surface area (Å²) in [5.41, 5.74) is 7.26. The van der Waals surface area contributed by atoms with Crippen LogP contribution < -0.4 is 11.1 Å². The van der Waals surface area contributed by atoms with Crippen LogP contribution in [-0.2, 0) is 9.59 Å². The number of allylic oxidation sites excluding steroid dienone is 1. The summed E-state index contributed by atoms with van der Waals surface area (Å²) in [4.78, 5) is 26.9. The molecule has 1 amide bonds. The number of nitrogens with two attached hydrogens (primary N) is 1. The van der Waals surface area contributed by atoms with Crippen molar-refractivity contribution in [1.82, 2.24) is 10.2 Å². The summed E-state index contributed by atoms with van der Waals surface area (Å²) in [6.45, 7) is 7.46. The number of carbonyl (C=O) groups excluding carboxylic acids is 1. The average molecular weight is 392 g/mol. The van der Waals surface area contributed by atoms with Gasteiger partial charge in [-0.1, -0.05) is 29.8 Å². The van der Waals surface area contributed by atoms with Crippen molar-refractivity contribution in [2.24, 2.45) is 5.73 Å². The summed E-state index contributed by atoms with van der Waals surface area (Å²) < 4.78 is 0. The maximum atomic E-state index is 13.1. The van der Waals surface area contributed by atoms with Crippen LogP contribution in [0.1, 0.15) is 33.3 Å². The lowest BCUT2D eigenvalue weighted by Crippen LogP contribution is -2.48. The molecule has 1 atom stereocenters. The standard InChI is InChI=1S/C20H26ClN3O3/c1-11-15(18(25)23-10-20(3,4)22)17(13-8-6-7-9-14(13)21)16(19(26)27)12(2)24(11)5/h6-9,11H,10,22H2,1-5H3,(H,23,25)(H,26,27). The molecule has 1 aromatic carbocycles. The second-order valence-electron chi connectivity index (χ2n) is 7.49. The van der Waals surface area contributed by atoms with Gasteiger partial charge in [0.1, 0.15) is 0 Å². The lowest BCUT2D eigenvalue weighted by Gasteiger charge is -2.37. The van der Waals surface area contributed by atoms with Gasteiger partial charge in [-0.25, -0.2) is 4.79 Å². The molecule has 7 heteroatoms. The highest BCUT2D eigenvalue weighted by Gasteiger charge is 2.36. The molecule has 0 fully saturated rings. The Balaban J connectivity index is 2.74. The Bertz CT molecular complexity index is 837. The number of hydrogen-bond acceptors (Lipinski definition) is 4. The van der Waals surface area contributed by atoms with E-state index in [-0.39, 0.29) is 24.1 Å². The first-order valence-electron chi connectivity index (χ1n) is 8.69. The minimum atomic E-state index is -1.11. The van der Waals surface area contributed by atoms with Crippen molar-refractivity contribution in [2.45, 2.75) is 39.3 Å². The molecule has 146 valence electrons. The van der Waals surface area contributed by atoms with E-state index in [0.717, 1.165) is 0 Å². The van der Waals surface area contributed by atoms with Gasteiger partial charge in [-0.05, 0) is 33.8 Å². The van der Waals surface area contributed by atoms with Crippen LogP contribution in [0.3, 0.4) is 0 Å². The van der Waals surface area contributed by atoms with Gasteiger partial charge in [0.2, 0.25) is 5.91 Å². The molecule has 6 nitrogen and oxygen atoms in total. The van der Waals surface area contributed by atoms with Gasteiger partial charge in [0.25, 0.3) is 0 Å². The van der Waals surface area contributed by atoms with Crippen LogP contribution in [0.15, 0.2) is 41.1 Å². The highest BCUT2D eigenvalue weighted by atomic mass is 35.5. The van der Waals surface area contributed by atoms with Crippen LogP contribution in [0.2, 0.25) is 5.02 Å². The molecular formula is C20H26ClN3O3. The molecule has 1 aliphatic rings. The first-order valence-corrected chi connectivity index (χ1v) is 9.07. The Morgan fingerprint density at radius 2 is 1.93 bits per heavy atom. The number of amides is 1. The number of benzene rings is 1.